The van der Waals surface area contributed by atoms with Gasteiger partial charge in [-0.2, -0.15) is 4.39 Å². The average Bonchev–Trinajstić information content (AvgIpc) is 2.13. The van der Waals surface area contributed by atoms with Crippen LogP contribution in [0.4, 0.5) is 8.78 Å². The van der Waals surface area contributed by atoms with E-state index in [-0.39, 0.29) is 12.1 Å². The van der Waals surface area contributed by atoms with Gasteiger partial charge in [0.25, 0.3) is 0 Å². The summed E-state index contributed by atoms with van der Waals surface area (Å²) in [6.45, 7) is -0.285. The first-order valence-electron chi connectivity index (χ1n) is 3.36. The number of carbonyl (C=O) groups excluding carboxylic acids is 1. The Balaban J connectivity index is 3.10. The van der Waals surface area contributed by atoms with Gasteiger partial charge in [-0.05, 0) is 6.07 Å². The summed E-state index contributed by atoms with van der Waals surface area (Å²) in [6.07, 6.45) is 1.20. The Morgan fingerprint density at radius 1 is 1.38 bits per heavy atom. The van der Waals surface area contributed by atoms with Crippen molar-refractivity contribution in [3.05, 3.63) is 29.3 Å². The third-order valence-corrected chi connectivity index (χ3v) is 1.46. The molecule has 3 nitrogen and oxygen atoms in total. The van der Waals surface area contributed by atoms with Crippen LogP contribution in [0.15, 0.2) is 17.1 Å². The van der Waals surface area contributed by atoms with Gasteiger partial charge < -0.3 is 5.11 Å². The lowest BCUT2D eigenvalue weighted by Crippen LogP contribution is -1.92. The summed E-state index contributed by atoms with van der Waals surface area (Å²) >= 11 is 0. The molecule has 0 aromatic heterocycles. The minimum Gasteiger partial charge on any atom is -0.505 e. The molecule has 0 saturated carbocycles. The SMILES string of the molecule is O=C=NCc1ccc(O)c(F)c1F. The smallest absolute Gasteiger partial charge is 0.235 e. The summed E-state index contributed by atoms with van der Waals surface area (Å²) in [5.41, 5.74) is -0.0985. The molecule has 0 heterocycles. The first-order valence-corrected chi connectivity index (χ1v) is 3.36. The third kappa shape index (κ3) is 1.89. The molecule has 5 heteroatoms. The molecule has 1 rings (SSSR count). The maximum absolute atomic E-state index is 12.9. The van der Waals surface area contributed by atoms with Gasteiger partial charge in [-0.15, -0.1) is 0 Å². The van der Waals surface area contributed by atoms with E-state index in [1.807, 2.05) is 0 Å². The van der Waals surface area contributed by atoms with E-state index in [1.165, 1.54) is 6.08 Å². The Bertz CT molecular complexity index is 373. The second-order valence-electron chi connectivity index (χ2n) is 2.28. The maximum Gasteiger partial charge on any atom is 0.235 e. The monoisotopic (exact) mass is 185 g/mol. The zero-order chi connectivity index (χ0) is 9.84. The van der Waals surface area contributed by atoms with Gasteiger partial charge in [-0.1, -0.05) is 6.07 Å². The number of phenols is 1. The summed E-state index contributed by atoms with van der Waals surface area (Å²) < 4.78 is 25.5. The van der Waals surface area contributed by atoms with E-state index in [2.05, 4.69) is 4.99 Å². The Labute approximate surface area is 72.3 Å². The number of isocyanates is 1. The molecule has 1 aromatic rings. The van der Waals surface area contributed by atoms with Gasteiger partial charge in [-0.25, -0.2) is 14.2 Å². The van der Waals surface area contributed by atoms with Gasteiger partial charge in [0, 0.05) is 5.56 Å². The van der Waals surface area contributed by atoms with Gasteiger partial charge in [-0.3, -0.25) is 0 Å². The largest absolute Gasteiger partial charge is 0.505 e. The van der Waals surface area contributed by atoms with Crippen molar-refractivity contribution in [3.63, 3.8) is 0 Å². The molecule has 0 fully saturated rings. The lowest BCUT2D eigenvalue weighted by molar-refractivity contribution is 0.404. The minimum atomic E-state index is -1.33. The van der Waals surface area contributed by atoms with Crippen molar-refractivity contribution in [2.45, 2.75) is 6.54 Å². The molecular weight excluding hydrogens is 180 g/mol. The zero-order valence-corrected chi connectivity index (χ0v) is 6.42. The number of nitrogens with zero attached hydrogens (tertiary/aromatic N) is 1. The second-order valence-corrected chi connectivity index (χ2v) is 2.28. The first kappa shape index (κ1) is 9.35. The van der Waals surface area contributed by atoms with Gasteiger partial charge in [0.1, 0.15) is 0 Å². The van der Waals surface area contributed by atoms with Crippen molar-refractivity contribution in [1.29, 1.82) is 0 Å². The molecule has 1 aromatic carbocycles. The lowest BCUT2D eigenvalue weighted by atomic mass is 10.2. The Kier molecular flexibility index (Phi) is 2.72. The lowest BCUT2D eigenvalue weighted by Gasteiger charge is -2.00. The van der Waals surface area contributed by atoms with Crippen molar-refractivity contribution in [2.24, 2.45) is 4.99 Å². The molecule has 0 bridgehead atoms. The van der Waals surface area contributed by atoms with Crippen molar-refractivity contribution in [1.82, 2.24) is 0 Å². The highest BCUT2D eigenvalue weighted by molar-refractivity contribution is 5.35. The zero-order valence-electron chi connectivity index (χ0n) is 6.42. The van der Waals surface area contributed by atoms with E-state index in [0.29, 0.717) is 0 Å². The Hall–Kier alpha value is -1.74. The van der Waals surface area contributed by atoms with E-state index in [1.54, 1.807) is 0 Å². The fourth-order valence-corrected chi connectivity index (χ4v) is 0.819. The third-order valence-electron chi connectivity index (χ3n) is 1.46. The van der Waals surface area contributed by atoms with Crippen LogP contribution in [0.3, 0.4) is 0 Å². The second kappa shape index (κ2) is 3.78. The first-order chi connectivity index (χ1) is 6.16. The van der Waals surface area contributed by atoms with E-state index in [9.17, 15) is 13.6 Å². The molecule has 0 aliphatic rings. The van der Waals surface area contributed by atoms with Gasteiger partial charge in [0.05, 0.1) is 6.54 Å². The summed E-state index contributed by atoms with van der Waals surface area (Å²) in [5, 5.41) is 8.73. The maximum atomic E-state index is 12.9. The number of phenolic OH excluding ortho intramolecular Hbond substituents is 1. The molecule has 0 saturated heterocycles. The quantitative estimate of drug-likeness (QED) is 0.560. The Morgan fingerprint density at radius 2 is 2.08 bits per heavy atom. The van der Waals surface area contributed by atoms with Crippen LogP contribution in [0.2, 0.25) is 0 Å². The number of aromatic hydroxyl groups is 1. The van der Waals surface area contributed by atoms with E-state index in [0.717, 1.165) is 12.1 Å². The van der Waals surface area contributed by atoms with E-state index in [4.69, 9.17) is 5.11 Å². The standard InChI is InChI=1S/C8H5F2NO2/c9-7-5(3-11-4-12)1-2-6(13)8(7)10/h1-2,13H,3H2. The van der Waals surface area contributed by atoms with Crippen LogP contribution in [0, 0.1) is 11.6 Å². The molecule has 0 radical (unpaired) electrons. The minimum absolute atomic E-state index is 0.0985. The molecule has 0 atom stereocenters. The highest BCUT2D eigenvalue weighted by atomic mass is 19.2. The van der Waals surface area contributed by atoms with Crippen LogP contribution in [-0.2, 0) is 11.3 Å². The number of aliphatic imine (C=N–C) groups is 1. The highest BCUT2D eigenvalue weighted by Crippen LogP contribution is 2.21. The van der Waals surface area contributed by atoms with Gasteiger partial charge in [0.2, 0.25) is 11.9 Å². The van der Waals surface area contributed by atoms with Crippen molar-refractivity contribution in [2.75, 3.05) is 0 Å². The number of halogens is 2. The molecule has 0 aliphatic heterocycles. The number of hydrogen-bond donors (Lipinski definition) is 1. The van der Waals surface area contributed by atoms with Gasteiger partial charge in [0.15, 0.2) is 11.6 Å². The predicted molar refractivity (Wildman–Crippen MR) is 39.8 cm³/mol. The van der Waals surface area contributed by atoms with Crippen molar-refractivity contribution >= 4 is 6.08 Å². The van der Waals surface area contributed by atoms with Crippen LogP contribution in [0.1, 0.15) is 5.56 Å². The van der Waals surface area contributed by atoms with Crippen LogP contribution in [0.5, 0.6) is 5.75 Å². The number of rotatable bonds is 2. The topological polar surface area (TPSA) is 49.7 Å². The molecular formula is C8H5F2NO2. The fourth-order valence-electron chi connectivity index (χ4n) is 0.819. The normalized spacial score (nSPS) is 9.38. The van der Waals surface area contributed by atoms with E-state index < -0.39 is 17.4 Å². The van der Waals surface area contributed by atoms with Crippen LogP contribution >= 0.6 is 0 Å². The predicted octanol–water partition coefficient (Wildman–Crippen LogP) is 1.51. The summed E-state index contributed by atoms with van der Waals surface area (Å²) in [7, 11) is 0. The Morgan fingerprint density at radius 3 is 2.69 bits per heavy atom. The highest BCUT2D eigenvalue weighted by Gasteiger charge is 2.11. The van der Waals surface area contributed by atoms with Crippen molar-refractivity contribution < 1.29 is 18.7 Å². The molecule has 0 spiro atoms. The van der Waals surface area contributed by atoms with E-state index >= 15 is 0 Å². The molecule has 0 aliphatic carbocycles. The van der Waals surface area contributed by atoms with Gasteiger partial charge >= 0.3 is 0 Å². The van der Waals surface area contributed by atoms with Crippen molar-refractivity contribution in [3.8, 4) is 5.75 Å². The number of benzene rings is 1. The van der Waals surface area contributed by atoms with Crippen LogP contribution < -0.4 is 0 Å². The summed E-state index contributed by atoms with van der Waals surface area (Å²) in [4.78, 5) is 12.8. The summed E-state index contributed by atoms with van der Waals surface area (Å²) in [5.74, 6) is -3.30. The molecule has 13 heavy (non-hydrogen) atoms. The van der Waals surface area contributed by atoms with Crippen LogP contribution in [0.25, 0.3) is 0 Å². The molecule has 1 N–H and O–H groups in total. The average molecular weight is 185 g/mol. The number of hydrogen-bond acceptors (Lipinski definition) is 3. The van der Waals surface area contributed by atoms with Crippen LogP contribution in [-0.4, -0.2) is 11.2 Å². The fraction of sp³-hybridized carbons (Fsp3) is 0.125. The summed E-state index contributed by atoms with van der Waals surface area (Å²) in [6, 6.07) is 2.14. The molecule has 0 unspecified atom stereocenters. The molecule has 68 valence electrons. The molecule has 0 amide bonds.